The number of ether oxygens (including phenoxy) is 10. The predicted octanol–water partition coefficient (Wildman–Crippen LogP) is 10.3. The van der Waals surface area contributed by atoms with Crippen LogP contribution in [0.3, 0.4) is 0 Å². The van der Waals surface area contributed by atoms with Crippen LogP contribution in [0, 0.1) is 35.5 Å². The maximum Gasteiger partial charge on any atom is 0.336 e. The molecule has 8 bridgehead atoms. The number of aromatic carboxylic acids is 1. The van der Waals surface area contributed by atoms with Gasteiger partial charge in [0, 0.05) is 46.9 Å². The van der Waals surface area contributed by atoms with Gasteiger partial charge in [-0.25, -0.2) is 4.79 Å². The quantitative estimate of drug-likeness (QED) is 0.0175. The highest BCUT2D eigenvalue weighted by atomic mass is 32.1. The minimum absolute atomic E-state index is 0.0126. The SMILES string of the molecule is O=C(O)c1cc(NC(=S)NCc2cc(OCCOCCOCCOCCOC34CC5CC(CC(C5)C3)C4)cc(OCCOCCOCCOCCOC34CC5CC(CC(C5)C3)C4)c2)ccc1-c1c2ccc(=O)cc-2oc2cc(O)ccc12. The molecule has 8 saturated carbocycles. The molecule has 13 rings (SSSR count). The average molecular weight is 1150 g/mol. The van der Waals surface area contributed by atoms with Crippen molar-refractivity contribution in [3.8, 4) is 39.7 Å². The summed E-state index contributed by atoms with van der Waals surface area (Å²) < 4.78 is 66.0. The molecule has 3 aromatic carbocycles. The lowest BCUT2D eigenvalue weighted by atomic mass is 9.54. The van der Waals surface area contributed by atoms with Gasteiger partial charge < -0.3 is 72.6 Å². The Morgan fingerprint density at radius 2 is 1.01 bits per heavy atom. The van der Waals surface area contributed by atoms with E-state index in [0.717, 1.165) is 41.1 Å². The molecule has 82 heavy (non-hydrogen) atoms. The van der Waals surface area contributed by atoms with Crippen molar-refractivity contribution in [1.82, 2.24) is 5.32 Å². The molecule has 8 fully saturated rings. The van der Waals surface area contributed by atoms with Gasteiger partial charge in [0.25, 0.3) is 0 Å². The number of carboxylic acid groups (broad SMARTS) is 1. The molecule has 3 aromatic rings. The molecule has 1 heterocycles. The summed E-state index contributed by atoms with van der Waals surface area (Å²) in [5.74, 6) is 5.40. The Morgan fingerprint density at radius 1 is 0.549 bits per heavy atom. The molecule has 0 saturated heterocycles. The predicted molar refractivity (Wildman–Crippen MR) is 312 cm³/mol. The first-order valence-electron chi connectivity index (χ1n) is 29.8. The van der Waals surface area contributed by atoms with E-state index in [0.29, 0.717) is 151 Å². The van der Waals surface area contributed by atoms with Crippen molar-refractivity contribution in [2.75, 3.05) is 111 Å². The molecule has 17 nitrogen and oxygen atoms in total. The number of nitrogens with one attached hydrogen (secondary N) is 2. The van der Waals surface area contributed by atoms with Crippen LogP contribution >= 0.6 is 12.2 Å². The van der Waals surface area contributed by atoms with E-state index in [9.17, 15) is 19.8 Å². The van der Waals surface area contributed by atoms with Crippen molar-refractivity contribution < 1.29 is 66.8 Å². The van der Waals surface area contributed by atoms with Crippen molar-refractivity contribution >= 4 is 40.0 Å². The van der Waals surface area contributed by atoms with Crippen molar-refractivity contribution in [1.29, 1.82) is 0 Å². The van der Waals surface area contributed by atoms with Crippen LogP contribution in [0.1, 0.15) is 93.0 Å². The van der Waals surface area contributed by atoms with Gasteiger partial charge in [0.05, 0.1) is 109 Å². The van der Waals surface area contributed by atoms with Gasteiger partial charge in [0.1, 0.15) is 41.8 Å². The monoisotopic (exact) mass is 1150 g/mol. The van der Waals surface area contributed by atoms with E-state index in [-0.39, 0.29) is 45.4 Å². The Labute approximate surface area is 485 Å². The summed E-state index contributed by atoms with van der Waals surface area (Å²) in [6.45, 7) is 7.72. The molecule has 18 heteroatoms. The zero-order valence-electron chi connectivity index (χ0n) is 47.0. The lowest BCUT2D eigenvalue weighted by Crippen LogP contribution is -2.52. The van der Waals surface area contributed by atoms with Crippen molar-refractivity contribution in [2.24, 2.45) is 35.5 Å². The van der Waals surface area contributed by atoms with Crippen LogP contribution in [-0.4, -0.2) is 138 Å². The molecular formula is C64H80N2O15S. The molecule has 0 radical (unpaired) electrons. The smallest absolute Gasteiger partial charge is 0.336 e. The zero-order valence-corrected chi connectivity index (χ0v) is 47.8. The summed E-state index contributed by atoms with van der Waals surface area (Å²) in [7, 11) is 0. The van der Waals surface area contributed by atoms with Crippen LogP contribution in [-0.2, 0) is 44.4 Å². The summed E-state index contributed by atoms with van der Waals surface area (Å²) >= 11 is 5.71. The van der Waals surface area contributed by atoms with E-state index in [1.165, 1.54) is 107 Å². The lowest BCUT2D eigenvalue weighted by Gasteiger charge is -2.56. The first-order chi connectivity index (χ1) is 40.0. The third kappa shape index (κ3) is 15.3. The summed E-state index contributed by atoms with van der Waals surface area (Å²) in [4.78, 5) is 25.2. The summed E-state index contributed by atoms with van der Waals surface area (Å²) in [6, 6.07) is 19.5. The van der Waals surface area contributed by atoms with Gasteiger partial charge in [-0.2, -0.15) is 0 Å². The van der Waals surface area contributed by atoms with E-state index in [4.69, 9.17) is 64.0 Å². The van der Waals surface area contributed by atoms with Crippen molar-refractivity contribution in [2.45, 2.75) is 94.8 Å². The number of aromatic hydroxyl groups is 1. The van der Waals surface area contributed by atoms with Crippen LogP contribution < -0.4 is 25.5 Å². The number of carbonyl (C=O) groups is 1. The second kappa shape index (κ2) is 27.5. The Bertz CT molecular complexity index is 2820. The number of fused-ring (bicyclic) bond motifs is 2. The molecule has 9 aliphatic carbocycles. The third-order valence-corrected chi connectivity index (χ3v) is 17.8. The number of thiocarbonyl (C=S) groups is 1. The van der Waals surface area contributed by atoms with Gasteiger partial charge in [0.2, 0.25) is 0 Å². The average Bonchev–Trinajstić information content (AvgIpc) is 2.74. The van der Waals surface area contributed by atoms with E-state index in [1.54, 1.807) is 24.3 Å². The normalized spacial score (nSPS) is 24.8. The van der Waals surface area contributed by atoms with Crippen LogP contribution in [0.5, 0.6) is 17.2 Å². The third-order valence-electron chi connectivity index (χ3n) is 17.6. The highest BCUT2D eigenvalue weighted by Crippen LogP contribution is 2.58. The maximum absolute atomic E-state index is 12.9. The molecule has 0 unspecified atom stereocenters. The Kier molecular flexibility index (Phi) is 19.6. The highest BCUT2D eigenvalue weighted by Gasteiger charge is 2.53. The topological polar surface area (TPSA) is 204 Å². The molecule has 0 amide bonds. The van der Waals surface area contributed by atoms with E-state index < -0.39 is 5.97 Å². The molecule has 0 aromatic heterocycles. The van der Waals surface area contributed by atoms with Gasteiger partial charge in [-0.05, 0) is 184 Å². The van der Waals surface area contributed by atoms with Crippen LogP contribution in [0.4, 0.5) is 5.69 Å². The van der Waals surface area contributed by atoms with E-state index in [1.807, 2.05) is 18.2 Å². The molecule has 0 spiro atoms. The molecule has 442 valence electrons. The van der Waals surface area contributed by atoms with E-state index in [2.05, 4.69) is 10.6 Å². The van der Waals surface area contributed by atoms with Gasteiger partial charge in [-0.3, -0.25) is 4.79 Å². The second-order valence-corrected chi connectivity index (χ2v) is 24.2. The number of benzene rings is 4. The van der Waals surface area contributed by atoms with Gasteiger partial charge in [-0.15, -0.1) is 0 Å². The summed E-state index contributed by atoms with van der Waals surface area (Å²) in [5.41, 5.74) is 2.95. The Balaban J connectivity index is 0.617. The molecular weight excluding hydrogens is 1070 g/mol. The van der Waals surface area contributed by atoms with Gasteiger partial charge in [0.15, 0.2) is 10.5 Å². The van der Waals surface area contributed by atoms with E-state index >= 15 is 0 Å². The molecule has 0 atom stereocenters. The maximum atomic E-state index is 12.9. The zero-order chi connectivity index (χ0) is 56.3. The lowest BCUT2D eigenvalue weighted by molar-refractivity contribution is -0.169. The standard InChI is InChI=1S/C64H80N2O15S/c67-50-2-5-55-58(32-50)81-59-33-51(68)3-6-56(59)60(55)54-4-1-49(31-57(54)61(69)70)66-62(82)65-41-48-29-52(77-19-15-73-11-7-71-9-13-75-17-21-79-63-35-42-23-43(36-63)25-44(24-42)37-63)34-53(30-48)78-20-16-74-12-8-72-10-14-76-18-22-80-64-38-45-26-46(39-64)28-47(27-45)40-64/h1-6,29-34,42-47,67H,7-28,35-41H2,(H,69,70)(H2,65,66,82). The highest BCUT2D eigenvalue weighted by molar-refractivity contribution is 7.80. The first kappa shape index (κ1) is 58.4. The second-order valence-electron chi connectivity index (χ2n) is 23.8. The number of phenols is 1. The van der Waals surface area contributed by atoms with Crippen LogP contribution in [0.25, 0.3) is 33.4 Å². The van der Waals surface area contributed by atoms with Gasteiger partial charge >= 0.3 is 5.97 Å². The number of phenolic OH excluding ortho intramolecular Hbond substituents is 1. The fraction of sp³-hybridized carbons (Fsp3) is 0.578. The Morgan fingerprint density at radius 3 is 1.50 bits per heavy atom. The minimum atomic E-state index is -1.17. The summed E-state index contributed by atoms with van der Waals surface area (Å²) in [5, 5.41) is 27.9. The van der Waals surface area contributed by atoms with Crippen molar-refractivity contribution in [3.05, 3.63) is 94.1 Å². The molecule has 4 N–H and O–H groups in total. The Hall–Kier alpha value is -5.41. The number of anilines is 1. The fourth-order valence-electron chi connectivity index (χ4n) is 15.0. The molecule has 1 aliphatic heterocycles. The molecule has 10 aliphatic rings. The summed E-state index contributed by atoms with van der Waals surface area (Å²) in [6.07, 6.45) is 15.8. The largest absolute Gasteiger partial charge is 0.508 e. The number of rotatable bonds is 33. The number of hydrogen-bond donors (Lipinski definition) is 4. The van der Waals surface area contributed by atoms with Gasteiger partial charge in [-0.1, -0.05) is 6.07 Å². The first-order valence-corrected chi connectivity index (χ1v) is 30.2. The number of hydrogen-bond acceptors (Lipinski definition) is 15. The van der Waals surface area contributed by atoms with Crippen LogP contribution in [0.15, 0.2) is 82.0 Å². The fourth-order valence-corrected chi connectivity index (χ4v) is 15.2. The minimum Gasteiger partial charge on any atom is -0.508 e. The van der Waals surface area contributed by atoms with Crippen LogP contribution in [0.2, 0.25) is 0 Å². The number of carboxylic acids is 1. The van der Waals surface area contributed by atoms with Crippen molar-refractivity contribution in [3.63, 3.8) is 0 Å².